The Labute approximate surface area is 131 Å². The number of carbonyl (C=O) groups is 1. The van der Waals surface area contributed by atoms with Gasteiger partial charge in [-0.2, -0.15) is 11.8 Å². The fourth-order valence-corrected chi connectivity index (χ4v) is 3.93. The number of thioether (sulfide) groups is 1. The van der Waals surface area contributed by atoms with Gasteiger partial charge in [0, 0.05) is 29.2 Å². The number of nitrogens with zero attached hydrogens (tertiary/aromatic N) is 1. The summed E-state index contributed by atoms with van der Waals surface area (Å²) >= 11 is 1.94. The third-order valence-electron chi connectivity index (χ3n) is 3.44. The molecule has 0 spiro atoms. The van der Waals surface area contributed by atoms with E-state index in [9.17, 15) is 4.79 Å². The average Bonchev–Trinajstić information content (AvgIpc) is 2.43. The minimum Gasteiger partial charge on any atom is -0.336 e. The van der Waals surface area contributed by atoms with Crippen molar-refractivity contribution in [2.45, 2.75) is 31.3 Å². The molecule has 1 aliphatic heterocycles. The minimum atomic E-state index is 0.0790. The van der Waals surface area contributed by atoms with E-state index in [1.165, 1.54) is 0 Å². The molecule has 112 valence electrons. The molecule has 4 heteroatoms. The van der Waals surface area contributed by atoms with Gasteiger partial charge in [0.05, 0.1) is 12.1 Å². The third kappa shape index (κ3) is 4.03. The Bertz CT molecular complexity index is 578. The van der Waals surface area contributed by atoms with Gasteiger partial charge in [0.2, 0.25) is 0 Å². The van der Waals surface area contributed by atoms with Crippen LogP contribution in [0.3, 0.4) is 0 Å². The highest BCUT2D eigenvalue weighted by molar-refractivity contribution is 8.00. The summed E-state index contributed by atoms with van der Waals surface area (Å²) in [5.74, 6) is 5.96. The molecule has 3 nitrogen and oxygen atoms in total. The SMILES string of the molecule is Cc1ccc(C(=O)N2CC(C)SC(C)C2)c(C#CCN)c1. The van der Waals surface area contributed by atoms with Crippen molar-refractivity contribution in [1.82, 2.24) is 4.90 Å². The Balaban J connectivity index is 2.30. The standard InChI is InChI=1S/C17H22N2OS/c1-12-6-7-16(15(9-12)5-4-8-18)17(20)19-10-13(2)21-14(3)11-19/h6-7,9,13-14H,8,10-11,18H2,1-3H3. The lowest BCUT2D eigenvalue weighted by Crippen LogP contribution is -2.44. The molecule has 0 aromatic heterocycles. The lowest BCUT2D eigenvalue weighted by atomic mass is 10.0. The van der Waals surface area contributed by atoms with Crippen LogP contribution in [-0.2, 0) is 0 Å². The topological polar surface area (TPSA) is 46.3 Å². The molecule has 1 aromatic rings. The van der Waals surface area contributed by atoms with Crippen LogP contribution in [-0.4, -0.2) is 40.9 Å². The zero-order valence-corrected chi connectivity index (χ0v) is 13.7. The van der Waals surface area contributed by atoms with E-state index in [1.54, 1.807) is 0 Å². The highest BCUT2D eigenvalue weighted by Gasteiger charge is 2.27. The summed E-state index contributed by atoms with van der Waals surface area (Å²) < 4.78 is 0. The first-order chi connectivity index (χ1) is 10.0. The molecule has 0 radical (unpaired) electrons. The van der Waals surface area contributed by atoms with Crippen LogP contribution < -0.4 is 5.73 Å². The largest absolute Gasteiger partial charge is 0.336 e. The summed E-state index contributed by atoms with van der Waals surface area (Å²) in [7, 11) is 0. The first kappa shape index (κ1) is 15.9. The minimum absolute atomic E-state index is 0.0790. The normalized spacial score (nSPS) is 21.6. The number of aryl methyl sites for hydroxylation is 1. The van der Waals surface area contributed by atoms with E-state index < -0.39 is 0 Å². The van der Waals surface area contributed by atoms with E-state index in [4.69, 9.17) is 5.73 Å². The molecule has 1 fully saturated rings. The van der Waals surface area contributed by atoms with Crippen molar-refractivity contribution in [1.29, 1.82) is 0 Å². The van der Waals surface area contributed by atoms with E-state index in [1.807, 2.05) is 41.8 Å². The maximum Gasteiger partial charge on any atom is 0.255 e. The Morgan fingerprint density at radius 1 is 1.38 bits per heavy atom. The number of rotatable bonds is 1. The van der Waals surface area contributed by atoms with Gasteiger partial charge >= 0.3 is 0 Å². The molecule has 2 atom stereocenters. The molecule has 0 saturated carbocycles. The second-order valence-corrected chi connectivity index (χ2v) is 7.40. The fourth-order valence-electron chi connectivity index (χ4n) is 2.61. The molecule has 1 saturated heterocycles. The molecule has 2 unspecified atom stereocenters. The first-order valence-electron chi connectivity index (χ1n) is 7.25. The highest BCUT2D eigenvalue weighted by Crippen LogP contribution is 2.26. The number of benzene rings is 1. The van der Waals surface area contributed by atoms with E-state index in [0.717, 1.165) is 24.2 Å². The van der Waals surface area contributed by atoms with E-state index in [2.05, 4.69) is 25.7 Å². The number of nitrogens with two attached hydrogens (primary N) is 1. The van der Waals surface area contributed by atoms with Gasteiger partial charge in [0.1, 0.15) is 0 Å². The van der Waals surface area contributed by atoms with Gasteiger partial charge in [-0.15, -0.1) is 0 Å². The zero-order chi connectivity index (χ0) is 15.4. The van der Waals surface area contributed by atoms with E-state index in [-0.39, 0.29) is 5.91 Å². The van der Waals surface area contributed by atoms with Crippen LogP contribution >= 0.6 is 11.8 Å². The van der Waals surface area contributed by atoms with Crippen molar-refractivity contribution in [3.8, 4) is 11.8 Å². The predicted octanol–water partition coefficient (Wildman–Crippen LogP) is 2.27. The molecular weight excluding hydrogens is 280 g/mol. The molecule has 21 heavy (non-hydrogen) atoms. The Kier molecular flexibility index (Phi) is 5.33. The molecule has 0 bridgehead atoms. The third-order valence-corrected chi connectivity index (χ3v) is 4.66. The maximum absolute atomic E-state index is 12.8. The van der Waals surface area contributed by atoms with E-state index in [0.29, 0.717) is 22.6 Å². The Morgan fingerprint density at radius 3 is 2.67 bits per heavy atom. The second kappa shape index (κ2) is 7.02. The summed E-state index contributed by atoms with van der Waals surface area (Å²) in [5, 5.41) is 0.948. The molecular formula is C17H22N2OS. The monoisotopic (exact) mass is 302 g/mol. The molecule has 2 N–H and O–H groups in total. The van der Waals surface area contributed by atoms with Gasteiger partial charge < -0.3 is 10.6 Å². The van der Waals surface area contributed by atoms with Gasteiger partial charge in [-0.25, -0.2) is 0 Å². The Morgan fingerprint density at radius 2 is 2.05 bits per heavy atom. The summed E-state index contributed by atoms with van der Waals surface area (Å²) in [6, 6.07) is 5.81. The molecule has 1 aromatic carbocycles. The average molecular weight is 302 g/mol. The van der Waals surface area contributed by atoms with Crippen molar-refractivity contribution < 1.29 is 4.79 Å². The number of hydrogen-bond acceptors (Lipinski definition) is 3. The van der Waals surface area contributed by atoms with Crippen LogP contribution in [0.15, 0.2) is 18.2 Å². The quantitative estimate of drug-likeness (QED) is 0.810. The summed E-state index contributed by atoms with van der Waals surface area (Å²) in [6.45, 7) is 8.24. The fraction of sp³-hybridized carbons (Fsp3) is 0.471. The molecule has 1 amide bonds. The van der Waals surface area contributed by atoms with Gasteiger partial charge in [-0.05, 0) is 24.6 Å². The smallest absolute Gasteiger partial charge is 0.255 e. The highest BCUT2D eigenvalue weighted by atomic mass is 32.2. The summed E-state index contributed by atoms with van der Waals surface area (Å²) in [4.78, 5) is 14.8. The van der Waals surface area contributed by atoms with Crippen LogP contribution in [0.4, 0.5) is 0 Å². The predicted molar refractivity (Wildman–Crippen MR) is 89.5 cm³/mol. The number of amides is 1. The first-order valence-corrected chi connectivity index (χ1v) is 8.20. The van der Waals surface area contributed by atoms with Crippen molar-refractivity contribution in [3.63, 3.8) is 0 Å². The molecule has 1 aliphatic rings. The summed E-state index contributed by atoms with van der Waals surface area (Å²) in [6.07, 6.45) is 0. The van der Waals surface area contributed by atoms with Crippen molar-refractivity contribution >= 4 is 17.7 Å². The Hall–Kier alpha value is -1.44. The molecule has 1 heterocycles. The number of carbonyl (C=O) groups excluding carboxylic acids is 1. The van der Waals surface area contributed by atoms with Gasteiger partial charge in [-0.1, -0.05) is 31.8 Å². The lowest BCUT2D eigenvalue weighted by molar-refractivity contribution is 0.0753. The van der Waals surface area contributed by atoms with Gasteiger partial charge in [-0.3, -0.25) is 4.79 Å². The maximum atomic E-state index is 12.8. The van der Waals surface area contributed by atoms with Crippen LogP contribution in [0.2, 0.25) is 0 Å². The second-order valence-electron chi connectivity index (χ2n) is 5.52. The lowest BCUT2D eigenvalue weighted by Gasteiger charge is -2.34. The van der Waals surface area contributed by atoms with E-state index >= 15 is 0 Å². The molecule has 0 aliphatic carbocycles. The number of hydrogen-bond donors (Lipinski definition) is 1. The summed E-state index contributed by atoms with van der Waals surface area (Å²) in [5.41, 5.74) is 8.02. The van der Waals surface area contributed by atoms with Crippen molar-refractivity contribution in [2.24, 2.45) is 5.73 Å². The van der Waals surface area contributed by atoms with Crippen LogP contribution in [0.25, 0.3) is 0 Å². The van der Waals surface area contributed by atoms with Crippen molar-refractivity contribution in [3.05, 3.63) is 34.9 Å². The van der Waals surface area contributed by atoms with Gasteiger partial charge in [0.25, 0.3) is 5.91 Å². The molecule has 2 rings (SSSR count). The zero-order valence-electron chi connectivity index (χ0n) is 12.8. The van der Waals surface area contributed by atoms with Crippen molar-refractivity contribution in [2.75, 3.05) is 19.6 Å². The van der Waals surface area contributed by atoms with Crippen LogP contribution in [0.1, 0.15) is 35.3 Å². The van der Waals surface area contributed by atoms with Crippen LogP contribution in [0, 0.1) is 18.8 Å². The van der Waals surface area contributed by atoms with Gasteiger partial charge in [0.15, 0.2) is 0 Å². The van der Waals surface area contributed by atoms with Crippen LogP contribution in [0.5, 0.6) is 0 Å².